The van der Waals surface area contributed by atoms with Crippen LogP contribution in [0.2, 0.25) is 0 Å². The van der Waals surface area contributed by atoms with Crippen LogP contribution in [0.3, 0.4) is 0 Å². The van der Waals surface area contributed by atoms with Gasteiger partial charge in [-0.15, -0.1) is 0 Å². The SMILES string of the molecule is Cn1c2ccccc2c(=O)c2cc(N)ccc21. The topological polar surface area (TPSA) is 48.0 Å². The van der Waals surface area contributed by atoms with Crippen molar-refractivity contribution in [3.8, 4) is 0 Å². The zero-order valence-corrected chi connectivity index (χ0v) is 9.47. The second kappa shape index (κ2) is 3.35. The lowest BCUT2D eigenvalue weighted by Crippen LogP contribution is -2.09. The zero-order chi connectivity index (χ0) is 12.0. The molecule has 2 N–H and O–H groups in total. The molecule has 1 aromatic heterocycles. The van der Waals surface area contributed by atoms with Gasteiger partial charge in [-0.1, -0.05) is 12.1 Å². The second-order valence-electron chi connectivity index (χ2n) is 4.18. The molecule has 84 valence electrons. The fourth-order valence-corrected chi connectivity index (χ4v) is 2.26. The molecule has 1 heterocycles. The van der Waals surface area contributed by atoms with E-state index in [-0.39, 0.29) is 5.43 Å². The number of fused-ring (bicyclic) bond motifs is 2. The van der Waals surface area contributed by atoms with E-state index in [4.69, 9.17) is 5.73 Å². The zero-order valence-electron chi connectivity index (χ0n) is 9.47. The monoisotopic (exact) mass is 224 g/mol. The first-order valence-corrected chi connectivity index (χ1v) is 5.45. The number of pyridine rings is 1. The first-order chi connectivity index (χ1) is 8.18. The molecule has 3 heteroatoms. The number of nitrogens with two attached hydrogens (primary N) is 1. The van der Waals surface area contributed by atoms with Crippen LogP contribution in [0.15, 0.2) is 47.3 Å². The van der Waals surface area contributed by atoms with E-state index < -0.39 is 0 Å². The summed E-state index contributed by atoms with van der Waals surface area (Å²) in [6, 6.07) is 13.1. The first kappa shape index (κ1) is 9.90. The van der Waals surface area contributed by atoms with Gasteiger partial charge in [0.1, 0.15) is 0 Å². The van der Waals surface area contributed by atoms with Crippen molar-refractivity contribution < 1.29 is 0 Å². The standard InChI is InChI=1S/C14H12N2O/c1-16-12-5-3-2-4-10(12)14(17)11-8-9(15)6-7-13(11)16/h2-8H,15H2,1H3. The van der Waals surface area contributed by atoms with Gasteiger partial charge in [-0.05, 0) is 30.3 Å². The Morgan fingerprint density at radius 1 is 1.00 bits per heavy atom. The highest BCUT2D eigenvalue weighted by molar-refractivity contribution is 5.94. The summed E-state index contributed by atoms with van der Waals surface area (Å²) in [5.41, 5.74) is 8.24. The highest BCUT2D eigenvalue weighted by Gasteiger charge is 2.07. The highest BCUT2D eigenvalue weighted by Crippen LogP contribution is 2.19. The Morgan fingerprint density at radius 2 is 1.71 bits per heavy atom. The van der Waals surface area contributed by atoms with Crippen LogP contribution in [0.4, 0.5) is 5.69 Å². The van der Waals surface area contributed by atoms with E-state index in [1.54, 1.807) is 6.07 Å². The van der Waals surface area contributed by atoms with Crippen molar-refractivity contribution in [2.24, 2.45) is 7.05 Å². The number of benzene rings is 2. The van der Waals surface area contributed by atoms with Gasteiger partial charge in [-0.25, -0.2) is 0 Å². The van der Waals surface area contributed by atoms with Crippen molar-refractivity contribution in [1.29, 1.82) is 0 Å². The molecule has 3 nitrogen and oxygen atoms in total. The lowest BCUT2D eigenvalue weighted by Gasteiger charge is -2.10. The second-order valence-corrected chi connectivity index (χ2v) is 4.18. The van der Waals surface area contributed by atoms with Gasteiger partial charge in [0.15, 0.2) is 5.43 Å². The molecule has 0 amide bonds. The normalized spacial score (nSPS) is 11.1. The third kappa shape index (κ3) is 1.32. The quantitative estimate of drug-likeness (QED) is 0.470. The molecule has 3 aromatic rings. The minimum atomic E-state index is 0.0426. The molecule has 0 saturated heterocycles. The number of aromatic nitrogens is 1. The number of nitrogens with zero attached hydrogens (tertiary/aromatic N) is 1. The molecule has 2 aromatic carbocycles. The molecule has 0 radical (unpaired) electrons. The van der Waals surface area contributed by atoms with Crippen molar-refractivity contribution in [2.45, 2.75) is 0 Å². The molecule has 0 spiro atoms. The molecule has 0 bridgehead atoms. The third-order valence-corrected chi connectivity index (χ3v) is 3.14. The molecule has 0 unspecified atom stereocenters. The van der Waals surface area contributed by atoms with Crippen molar-refractivity contribution in [3.05, 3.63) is 52.7 Å². The van der Waals surface area contributed by atoms with Crippen LogP contribution in [0.5, 0.6) is 0 Å². The summed E-state index contributed by atoms with van der Waals surface area (Å²) in [7, 11) is 1.96. The smallest absolute Gasteiger partial charge is 0.197 e. The molecule has 0 aliphatic heterocycles. The van der Waals surface area contributed by atoms with Crippen LogP contribution in [-0.2, 0) is 7.05 Å². The fraction of sp³-hybridized carbons (Fsp3) is 0.0714. The maximum absolute atomic E-state index is 12.3. The molecule has 17 heavy (non-hydrogen) atoms. The van der Waals surface area contributed by atoms with Crippen LogP contribution in [0, 0.1) is 0 Å². The van der Waals surface area contributed by atoms with E-state index in [1.807, 2.05) is 48.0 Å². The Hall–Kier alpha value is -2.29. The Balaban J connectivity index is 2.68. The van der Waals surface area contributed by atoms with Gasteiger partial charge >= 0.3 is 0 Å². The number of anilines is 1. The number of nitrogen functional groups attached to an aromatic ring is 1. The molecule has 0 saturated carbocycles. The van der Waals surface area contributed by atoms with Crippen molar-refractivity contribution >= 4 is 27.5 Å². The van der Waals surface area contributed by atoms with Gasteiger partial charge in [0.05, 0.1) is 11.0 Å². The summed E-state index contributed by atoms with van der Waals surface area (Å²) in [4.78, 5) is 12.3. The van der Waals surface area contributed by atoms with Crippen LogP contribution < -0.4 is 11.2 Å². The van der Waals surface area contributed by atoms with Gasteiger partial charge in [0.25, 0.3) is 0 Å². The minimum Gasteiger partial charge on any atom is -0.399 e. The van der Waals surface area contributed by atoms with E-state index in [0.29, 0.717) is 11.1 Å². The van der Waals surface area contributed by atoms with E-state index in [1.165, 1.54) is 0 Å². The average molecular weight is 224 g/mol. The number of para-hydroxylation sites is 1. The predicted octanol–water partition coefficient (Wildman–Crippen LogP) is 2.27. The summed E-state index contributed by atoms with van der Waals surface area (Å²) in [5.74, 6) is 0. The van der Waals surface area contributed by atoms with Gasteiger partial charge < -0.3 is 10.3 Å². The van der Waals surface area contributed by atoms with Gasteiger partial charge in [0, 0.05) is 23.5 Å². The minimum absolute atomic E-state index is 0.0426. The molecular weight excluding hydrogens is 212 g/mol. The summed E-state index contributed by atoms with van der Waals surface area (Å²) >= 11 is 0. The average Bonchev–Trinajstić information content (AvgIpc) is 2.36. The van der Waals surface area contributed by atoms with Crippen molar-refractivity contribution in [2.75, 3.05) is 5.73 Å². The lowest BCUT2D eigenvalue weighted by atomic mass is 10.1. The largest absolute Gasteiger partial charge is 0.399 e. The Bertz CT molecular complexity index is 787. The number of rotatable bonds is 0. The highest BCUT2D eigenvalue weighted by atomic mass is 16.1. The van der Waals surface area contributed by atoms with Crippen LogP contribution in [-0.4, -0.2) is 4.57 Å². The third-order valence-electron chi connectivity index (χ3n) is 3.14. The molecular formula is C14H12N2O. The molecule has 0 aliphatic carbocycles. The summed E-state index contributed by atoms with van der Waals surface area (Å²) < 4.78 is 2.02. The van der Waals surface area contributed by atoms with Crippen LogP contribution in [0.1, 0.15) is 0 Å². The summed E-state index contributed by atoms with van der Waals surface area (Å²) in [5, 5.41) is 1.40. The number of aryl methyl sites for hydroxylation is 1. The van der Waals surface area contributed by atoms with E-state index in [9.17, 15) is 4.79 Å². The van der Waals surface area contributed by atoms with Crippen molar-refractivity contribution in [1.82, 2.24) is 4.57 Å². The molecule has 0 aliphatic rings. The van der Waals surface area contributed by atoms with Gasteiger partial charge in [-0.3, -0.25) is 4.79 Å². The molecule has 0 fully saturated rings. The summed E-state index contributed by atoms with van der Waals surface area (Å²) in [6.45, 7) is 0. The summed E-state index contributed by atoms with van der Waals surface area (Å²) in [6.07, 6.45) is 0. The van der Waals surface area contributed by atoms with E-state index >= 15 is 0 Å². The Labute approximate surface area is 98.1 Å². The van der Waals surface area contributed by atoms with Crippen LogP contribution >= 0.6 is 0 Å². The van der Waals surface area contributed by atoms with E-state index in [0.717, 1.165) is 16.4 Å². The predicted molar refractivity (Wildman–Crippen MR) is 71.1 cm³/mol. The van der Waals surface area contributed by atoms with Gasteiger partial charge in [0.2, 0.25) is 0 Å². The Kier molecular flexibility index (Phi) is 1.95. The van der Waals surface area contributed by atoms with Gasteiger partial charge in [-0.2, -0.15) is 0 Å². The number of hydrogen-bond acceptors (Lipinski definition) is 2. The number of hydrogen-bond donors (Lipinski definition) is 1. The Morgan fingerprint density at radius 3 is 2.53 bits per heavy atom. The first-order valence-electron chi connectivity index (χ1n) is 5.45. The fourth-order valence-electron chi connectivity index (χ4n) is 2.26. The molecule has 3 rings (SSSR count). The van der Waals surface area contributed by atoms with E-state index in [2.05, 4.69) is 0 Å². The molecule has 0 atom stereocenters. The maximum Gasteiger partial charge on any atom is 0.197 e. The maximum atomic E-state index is 12.3. The van der Waals surface area contributed by atoms with Crippen LogP contribution in [0.25, 0.3) is 21.8 Å². The lowest BCUT2D eigenvalue weighted by molar-refractivity contribution is 1.00. The van der Waals surface area contributed by atoms with Crippen molar-refractivity contribution in [3.63, 3.8) is 0 Å².